The molecule has 0 radical (unpaired) electrons. The van der Waals surface area contributed by atoms with Crippen LogP contribution in [0.4, 0.5) is 5.69 Å². The van der Waals surface area contributed by atoms with Gasteiger partial charge in [-0.15, -0.1) is 0 Å². The number of carbonyl (C=O) groups excluding carboxylic acids is 1. The Labute approximate surface area is 143 Å². The number of hydrogen-bond acceptors (Lipinski definition) is 3. The molecule has 0 saturated heterocycles. The standard InChI is InChI=1S/C19H24N2O3/c1-4-21(13-15-7-5-9-17(11-15)23-2)14-19(22)20-16-8-6-10-18(12-16)24-3/h5-12H,4,13-14H2,1-3H3,(H,20,22)/p+1. The van der Waals surface area contributed by atoms with E-state index in [0.29, 0.717) is 6.54 Å². The number of benzene rings is 2. The number of nitrogens with one attached hydrogen (secondary N) is 2. The zero-order valence-corrected chi connectivity index (χ0v) is 14.5. The number of likely N-dealkylation sites (N-methyl/N-ethyl adjacent to an activating group) is 1. The van der Waals surface area contributed by atoms with Gasteiger partial charge in [-0.3, -0.25) is 4.79 Å². The van der Waals surface area contributed by atoms with Crippen LogP contribution < -0.4 is 19.7 Å². The van der Waals surface area contributed by atoms with Crippen LogP contribution in [0.15, 0.2) is 48.5 Å². The summed E-state index contributed by atoms with van der Waals surface area (Å²) in [5, 5.41) is 2.93. The Balaban J connectivity index is 1.94. The number of ether oxygens (including phenoxy) is 2. The van der Waals surface area contributed by atoms with Crippen LogP contribution in [0.3, 0.4) is 0 Å². The summed E-state index contributed by atoms with van der Waals surface area (Å²) in [6, 6.07) is 15.3. The van der Waals surface area contributed by atoms with E-state index in [1.165, 1.54) is 4.90 Å². The lowest BCUT2D eigenvalue weighted by Gasteiger charge is -2.18. The monoisotopic (exact) mass is 329 g/mol. The topological polar surface area (TPSA) is 52.0 Å². The van der Waals surface area contributed by atoms with Crippen molar-refractivity contribution < 1.29 is 19.2 Å². The van der Waals surface area contributed by atoms with Crippen molar-refractivity contribution in [2.75, 3.05) is 32.6 Å². The van der Waals surface area contributed by atoms with Gasteiger partial charge < -0.3 is 19.7 Å². The average molecular weight is 329 g/mol. The summed E-state index contributed by atoms with van der Waals surface area (Å²) < 4.78 is 10.4. The number of amides is 1. The minimum atomic E-state index is -0.0111. The molecule has 0 aliphatic heterocycles. The molecule has 0 aliphatic rings. The molecule has 0 aliphatic carbocycles. The fourth-order valence-electron chi connectivity index (χ4n) is 2.52. The van der Waals surface area contributed by atoms with Crippen molar-refractivity contribution in [1.29, 1.82) is 0 Å². The minimum absolute atomic E-state index is 0.0111. The van der Waals surface area contributed by atoms with Crippen LogP contribution in [-0.4, -0.2) is 33.2 Å². The van der Waals surface area contributed by atoms with E-state index in [1.54, 1.807) is 14.2 Å². The highest BCUT2D eigenvalue weighted by molar-refractivity contribution is 5.91. The highest BCUT2D eigenvalue weighted by Crippen LogP contribution is 2.16. The maximum atomic E-state index is 12.3. The second kappa shape index (κ2) is 8.93. The molecule has 0 bridgehead atoms. The van der Waals surface area contributed by atoms with Gasteiger partial charge in [0.25, 0.3) is 5.91 Å². The fraction of sp³-hybridized carbons (Fsp3) is 0.316. The molecule has 2 rings (SSSR count). The van der Waals surface area contributed by atoms with E-state index in [9.17, 15) is 4.79 Å². The molecule has 0 fully saturated rings. The lowest BCUT2D eigenvalue weighted by Crippen LogP contribution is -3.11. The average Bonchev–Trinajstić information content (AvgIpc) is 2.61. The van der Waals surface area contributed by atoms with Crippen molar-refractivity contribution in [3.05, 3.63) is 54.1 Å². The van der Waals surface area contributed by atoms with Gasteiger partial charge in [0.2, 0.25) is 0 Å². The molecule has 2 aromatic carbocycles. The summed E-state index contributed by atoms with van der Waals surface area (Å²) >= 11 is 0. The quantitative estimate of drug-likeness (QED) is 0.776. The van der Waals surface area contributed by atoms with Crippen LogP contribution in [-0.2, 0) is 11.3 Å². The largest absolute Gasteiger partial charge is 0.497 e. The minimum Gasteiger partial charge on any atom is -0.497 e. The van der Waals surface area contributed by atoms with Crippen LogP contribution in [0.5, 0.6) is 11.5 Å². The zero-order chi connectivity index (χ0) is 17.4. The zero-order valence-electron chi connectivity index (χ0n) is 14.5. The van der Waals surface area contributed by atoms with Crippen molar-refractivity contribution >= 4 is 11.6 Å². The van der Waals surface area contributed by atoms with E-state index in [1.807, 2.05) is 42.5 Å². The highest BCUT2D eigenvalue weighted by Gasteiger charge is 2.14. The van der Waals surface area contributed by atoms with Crippen molar-refractivity contribution in [3.63, 3.8) is 0 Å². The van der Waals surface area contributed by atoms with Gasteiger partial charge in [-0.25, -0.2) is 0 Å². The Morgan fingerprint density at radius 1 is 1.04 bits per heavy atom. The lowest BCUT2D eigenvalue weighted by atomic mass is 10.2. The molecular weight excluding hydrogens is 304 g/mol. The van der Waals surface area contributed by atoms with Crippen LogP contribution >= 0.6 is 0 Å². The normalized spacial score (nSPS) is 11.6. The predicted octanol–water partition coefficient (Wildman–Crippen LogP) is 1.75. The molecule has 0 aromatic heterocycles. The predicted molar refractivity (Wildman–Crippen MR) is 94.7 cm³/mol. The number of quaternary nitrogens is 1. The number of anilines is 1. The third-order valence-electron chi connectivity index (χ3n) is 3.85. The van der Waals surface area contributed by atoms with Gasteiger partial charge in [0.05, 0.1) is 20.8 Å². The SMILES string of the molecule is CC[NH+](CC(=O)Nc1cccc(OC)c1)Cc1cccc(OC)c1. The summed E-state index contributed by atoms with van der Waals surface area (Å²) in [4.78, 5) is 13.5. The maximum absolute atomic E-state index is 12.3. The second-order valence-corrected chi connectivity index (χ2v) is 5.59. The number of methoxy groups -OCH3 is 2. The molecule has 1 unspecified atom stereocenters. The van der Waals surface area contributed by atoms with Crippen molar-refractivity contribution in [1.82, 2.24) is 0 Å². The molecule has 2 aromatic rings. The first kappa shape index (κ1) is 17.8. The summed E-state index contributed by atoms with van der Waals surface area (Å²) in [5.41, 5.74) is 1.90. The maximum Gasteiger partial charge on any atom is 0.279 e. The van der Waals surface area contributed by atoms with Gasteiger partial charge in [-0.1, -0.05) is 18.2 Å². The first-order valence-electron chi connectivity index (χ1n) is 8.05. The molecule has 24 heavy (non-hydrogen) atoms. The molecular formula is C19H25N2O3+. The Morgan fingerprint density at radius 2 is 1.71 bits per heavy atom. The number of carbonyl (C=O) groups is 1. The van der Waals surface area contributed by atoms with Gasteiger partial charge in [-0.2, -0.15) is 0 Å². The van der Waals surface area contributed by atoms with E-state index in [4.69, 9.17) is 9.47 Å². The molecule has 5 heteroatoms. The molecule has 0 heterocycles. The molecule has 2 N–H and O–H groups in total. The summed E-state index contributed by atoms with van der Waals surface area (Å²) in [7, 11) is 3.27. The van der Waals surface area contributed by atoms with Crippen molar-refractivity contribution in [2.45, 2.75) is 13.5 Å². The molecule has 0 spiro atoms. The van der Waals surface area contributed by atoms with Crippen LogP contribution in [0.2, 0.25) is 0 Å². The van der Waals surface area contributed by atoms with Crippen LogP contribution in [0, 0.1) is 0 Å². The molecule has 1 amide bonds. The Morgan fingerprint density at radius 3 is 2.38 bits per heavy atom. The number of hydrogen-bond donors (Lipinski definition) is 2. The molecule has 5 nitrogen and oxygen atoms in total. The summed E-state index contributed by atoms with van der Waals surface area (Å²) in [5.74, 6) is 1.55. The third kappa shape index (κ3) is 5.28. The third-order valence-corrected chi connectivity index (χ3v) is 3.85. The Bertz CT molecular complexity index is 673. The molecule has 0 saturated carbocycles. The van der Waals surface area contributed by atoms with E-state index >= 15 is 0 Å². The Hall–Kier alpha value is -2.53. The van der Waals surface area contributed by atoms with Gasteiger partial charge in [0.15, 0.2) is 6.54 Å². The summed E-state index contributed by atoms with van der Waals surface area (Å²) in [6.07, 6.45) is 0. The smallest absolute Gasteiger partial charge is 0.279 e. The first-order chi connectivity index (χ1) is 11.6. The van der Waals surface area contributed by atoms with Gasteiger partial charge >= 0.3 is 0 Å². The molecule has 1 atom stereocenters. The van der Waals surface area contributed by atoms with E-state index in [0.717, 1.165) is 35.8 Å². The van der Waals surface area contributed by atoms with Crippen molar-refractivity contribution in [3.8, 4) is 11.5 Å². The van der Waals surface area contributed by atoms with Crippen molar-refractivity contribution in [2.24, 2.45) is 0 Å². The van der Waals surface area contributed by atoms with E-state index in [-0.39, 0.29) is 5.91 Å². The lowest BCUT2D eigenvalue weighted by molar-refractivity contribution is -0.903. The highest BCUT2D eigenvalue weighted by atomic mass is 16.5. The van der Waals surface area contributed by atoms with Crippen LogP contribution in [0.25, 0.3) is 0 Å². The molecule has 128 valence electrons. The van der Waals surface area contributed by atoms with Gasteiger partial charge in [-0.05, 0) is 31.2 Å². The van der Waals surface area contributed by atoms with Crippen LogP contribution in [0.1, 0.15) is 12.5 Å². The van der Waals surface area contributed by atoms with Gasteiger partial charge in [0.1, 0.15) is 18.0 Å². The first-order valence-corrected chi connectivity index (χ1v) is 8.05. The van der Waals surface area contributed by atoms with E-state index in [2.05, 4.69) is 18.3 Å². The second-order valence-electron chi connectivity index (χ2n) is 5.59. The summed E-state index contributed by atoms with van der Waals surface area (Å²) in [6.45, 7) is 4.13. The van der Waals surface area contributed by atoms with Gasteiger partial charge in [0, 0.05) is 17.3 Å². The van der Waals surface area contributed by atoms with E-state index < -0.39 is 0 Å². The fourth-order valence-corrected chi connectivity index (χ4v) is 2.52. The number of rotatable bonds is 8. The Kier molecular flexibility index (Phi) is 6.63.